The summed E-state index contributed by atoms with van der Waals surface area (Å²) in [7, 11) is 1.71. The highest BCUT2D eigenvalue weighted by atomic mass is 32.1. The topological polar surface area (TPSA) is 34.1 Å². The van der Waals surface area contributed by atoms with E-state index in [-0.39, 0.29) is 0 Å². The van der Waals surface area contributed by atoms with Crippen molar-refractivity contribution in [2.24, 2.45) is 0 Å². The van der Waals surface area contributed by atoms with Gasteiger partial charge in [0.05, 0.1) is 12.3 Å². The first-order chi connectivity index (χ1) is 9.19. The van der Waals surface area contributed by atoms with Gasteiger partial charge in [0.25, 0.3) is 0 Å². The van der Waals surface area contributed by atoms with Crippen LogP contribution in [0, 0.1) is 13.8 Å². The van der Waals surface area contributed by atoms with Gasteiger partial charge in [0.1, 0.15) is 5.01 Å². The first kappa shape index (κ1) is 14.2. The molecular formula is C15H20N2OS. The van der Waals surface area contributed by atoms with E-state index in [0.29, 0.717) is 0 Å². The summed E-state index contributed by atoms with van der Waals surface area (Å²) in [5.74, 6) is 0. The number of hydrogen-bond donors (Lipinski definition) is 1. The molecule has 4 heteroatoms. The van der Waals surface area contributed by atoms with Gasteiger partial charge in [-0.15, -0.1) is 11.3 Å². The van der Waals surface area contributed by atoms with Crippen molar-refractivity contribution in [3.05, 3.63) is 39.7 Å². The lowest BCUT2D eigenvalue weighted by atomic mass is 10.1. The maximum atomic E-state index is 5.00. The highest BCUT2D eigenvalue weighted by Crippen LogP contribution is 2.24. The van der Waals surface area contributed by atoms with Crippen LogP contribution in [0.5, 0.6) is 0 Å². The van der Waals surface area contributed by atoms with E-state index in [1.165, 1.54) is 16.7 Å². The van der Waals surface area contributed by atoms with Crippen LogP contribution in [0.1, 0.15) is 16.1 Å². The summed E-state index contributed by atoms with van der Waals surface area (Å²) in [6.45, 7) is 6.63. The van der Waals surface area contributed by atoms with Crippen molar-refractivity contribution < 1.29 is 4.74 Å². The number of nitrogens with one attached hydrogen (secondary N) is 1. The fourth-order valence-electron chi connectivity index (χ4n) is 2.02. The SMILES string of the molecule is COCCNCc1nc(-c2cc(C)cc(C)c2)cs1. The smallest absolute Gasteiger partial charge is 0.107 e. The van der Waals surface area contributed by atoms with E-state index in [4.69, 9.17) is 4.74 Å². The Balaban J connectivity index is 2.03. The van der Waals surface area contributed by atoms with Gasteiger partial charge in [-0.2, -0.15) is 0 Å². The molecule has 0 aliphatic carbocycles. The normalized spacial score (nSPS) is 10.9. The first-order valence-corrected chi connectivity index (χ1v) is 7.30. The molecule has 0 saturated heterocycles. The number of aryl methyl sites for hydroxylation is 2. The molecule has 102 valence electrons. The second-order valence-electron chi connectivity index (χ2n) is 4.67. The third-order valence-corrected chi connectivity index (χ3v) is 3.68. The van der Waals surface area contributed by atoms with Gasteiger partial charge < -0.3 is 10.1 Å². The number of ether oxygens (including phenoxy) is 1. The fourth-order valence-corrected chi connectivity index (χ4v) is 2.79. The molecule has 0 unspecified atom stereocenters. The van der Waals surface area contributed by atoms with E-state index >= 15 is 0 Å². The molecule has 0 atom stereocenters. The molecule has 0 spiro atoms. The first-order valence-electron chi connectivity index (χ1n) is 6.42. The number of rotatable bonds is 6. The Hall–Kier alpha value is -1.23. The molecule has 1 heterocycles. The van der Waals surface area contributed by atoms with Crippen LogP contribution in [0.15, 0.2) is 23.6 Å². The predicted molar refractivity (Wildman–Crippen MR) is 80.6 cm³/mol. The Kier molecular flexibility index (Phi) is 5.07. The van der Waals surface area contributed by atoms with Gasteiger partial charge in [0.15, 0.2) is 0 Å². The summed E-state index contributed by atoms with van der Waals surface area (Å²) in [6, 6.07) is 6.55. The Morgan fingerprint density at radius 3 is 2.63 bits per heavy atom. The van der Waals surface area contributed by atoms with E-state index in [0.717, 1.165) is 30.4 Å². The number of hydrogen-bond acceptors (Lipinski definition) is 4. The van der Waals surface area contributed by atoms with Crippen LogP contribution in [0.4, 0.5) is 0 Å². The number of thiazole rings is 1. The number of nitrogens with zero attached hydrogens (tertiary/aromatic N) is 1. The molecule has 0 saturated carbocycles. The zero-order valence-electron chi connectivity index (χ0n) is 11.7. The third-order valence-electron chi connectivity index (χ3n) is 2.83. The maximum absolute atomic E-state index is 5.00. The lowest BCUT2D eigenvalue weighted by Gasteiger charge is -2.02. The van der Waals surface area contributed by atoms with Gasteiger partial charge in [-0.25, -0.2) is 4.98 Å². The van der Waals surface area contributed by atoms with Crippen LogP contribution in [0.2, 0.25) is 0 Å². The van der Waals surface area contributed by atoms with Gasteiger partial charge in [0, 0.05) is 31.1 Å². The van der Waals surface area contributed by atoms with Crippen LogP contribution in [-0.2, 0) is 11.3 Å². The minimum Gasteiger partial charge on any atom is -0.383 e. The van der Waals surface area contributed by atoms with E-state index < -0.39 is 0 Å². The van der Waals surface area contributed by atoms with Crippen LogP contribution in [0.3, 0.4) is 0 Å². The van der Waals surface area contributed by atoms with E-state index in [2.05, 4.69) is 47.7 Å². The van der Waals surface area contributed by atoms with Crippen molar-refractivity contribution in [2.45, 2.75) is 20.4 Å². The van der Waals surface area contributed by atoms with Crippen LogP contribution < -0.4 is 5.32 Å². The lowest BCUT2D eigenvalue weighted by Crippen LogP contribution is -2.18. The lowest BCUT2D eigenvalue weighted by molar-refractivity contribution is 0.199. The second-order valence-corrected chi connectivity index (χ2v) is 5.62. The fraction of sp³-hybridized carbons (Fsp3) is 0.400. The van der Waals surface area contributed by atoms with E-state index in [1.54, 1.807) is 18.4 Å². The monoisotopic (exact) mass is 276 g/mol. The van der Waals surface area contributed by atoms with Gasteiger partial charge in [-0.05, 0) is 26.0 Å². The van der Waals surface area contributed by atoms with Crippen molar-refractivity contribution in [2.75, 3.05) is 20.3 Å². The van der Waals surface area contributed by atoms with Crippen molar-refractivity contribution in [3.8, 4) is 11.3 Å². The van der Waals surface area contributed by atoms with E-state index in [1.807, 2.05) is 0 Å². The standard InChI is InChI=1S/C15H20N2OS/c1-11-6-12(2)8-13(7-11)14-10-19-15(17-14)9-16-4-5-18-3/h6-8,10,16H,4-5,9H2,1-3H3. The van der Waals surface area contributed by atoms with Crippen molar-refractivity contribution in [3.63, 3.8) is 0 Å². The molecule has 1 aromatic carbocycles. The molecule has 2 aromatic rings. The summed E-state index contributed by atoms with van der Waals surface area (Å²) >= 11 is 1.70. The highest BCUT2D eigenvalue weighted by molar-refractivity contribution is 7.09. The zero-order chi connectivity index (χ0) is 13.7. The van der Waals surface area contributed by atoms with Crippen molar-refractivity contribution >= 4 is 11.3 Å². The largest absolute Gasteiger partial charge is 0.383 e. The quantitative estimate of drug-likeness (QED) is 0.823. The molecule has 3 nitrogen and oxygen atoms in total. The number of methoxy groups -OCH3 is 1. The van der Waals surface area contributed by atoms with Gasteiger partial charge in [-0.1, -0.05) is 17.2 Å². The molecule has 2 rings (SSSR count). The summed E-state index contributed by atoms with van der Waals surface area (Å²) in [5.41, 5.74) is 4.84. The van der Waals surface area contributed by atoms with E-state index in [9.17, 15) is 0 Å². The maximum Gasteiger partial charge on any atom is 0.107 e. The minimum absolute atomic E-state index is 0.731. The minimum atomic E-state index is 0.731. The Labute approximate surface area is 118 Å². The molecule has 19 heavy (non-hydrogen) atoms. The van der Waals surface area contributed by atoms with Crippen LogP contribution in [0.25, 0.3) is 11.3 Å². The highest BCUT2D eigenvalue weighted by Gasteiger charge is 2.05. The van der Waals surface area contributed by atoms with Gasteiger partial charge in [0.2, 0.25) is 0 Å². The van der Waals surface area contributed by atoms with Gasteiger partial charge in [-0.3, -0.25) is 0 Å². The number of aromatic nitrogens is 1. The molecule has 0 fully saturated rings. The predicted octanol–water partition coefficient (Wildman–Crippen LogP) is 3.16. The molecule has 1 N–H and O–H groups in total. The number of benzene rings is 1. The Morgan fingerprint density at radius 1 is 1.21 bits per heavy atom. The summed E-state index contributed by atoms with van der Waals surface area (Å²) in [4.78, 5) is 4.68. The molecule has 1 aromatic heterocycles. The Morgan fingerprint density at radius 2 is 1.95 bits per heavy atom. The molecule has 0 radical (unpaired) electrons. The van der Waals surface area contributed by atoms with Gasteiger partial charge >= 0.3 is 0 Å². The molecule has 0 amide bonds. The Bertz CT molecular complexity index is 516. The summed E-state index contributed by atoms with van der Waals surface area (Å²) in [5, 5.41) is 6.56. The molecule has 0 bridgehead atoms. The summed E-state index contributed by atoms with van der Waals surface area (Å²) in [6.07, 6.45) is 0. The van der Waals surface area contributed by atoms with Crippen LogP contribution >= 0.6 is 11.3 Å². The van der Waals surface area contributed by atoms with Crippen molar-refractivity contribution in [1.82, 2.24) is 10.3 Å². The van der Waals surface area contributed by atoms with Crippen LogP contribution in [-0.4, -0.2) is 25.2 Å². The average Bonchev–Trinajstić information content (AvgIpc) is 2.82. The third kappa shape index (κ3) is 4.13. The molecule has 0 aliphatic heterocycles. The zero-order valence-corrected chi connectivity index (χ0v) is 12.5. The second kappa shape index (κ2) is 6.80. The van der Waals surface area contributed by atoms with Crippen molar-refractivity contribution in [1.29, 1.82) is 0 Å². The average molecular weight is 276 g/mol. The molecule has 0 aliphatic rings. The summed E-state index contributed by atoms with van der Waals surface area (Å²) < 4.78 is 5.00. The molecular weight excluding hydrogens is 256 g/mol.